The van der Waals surface area contributed by atoms with E-state index in [0.29, 0.717) is 33.7 Å². The zero-order chi connectivity index (χ0) is 21.1. The quantitative estimate of drug-likeness (QED) is 0.364. The number of rotatable bonds is 6. The fraction of sp³-hybridized carbons (Fsp3) is 0.318. The van der Waals surface area contributed by atoms with Gasteiger partial charge < -0.3 is 29.8 Å². The third-order valence-electron chi connectivity index (χ3n) is 5.24. The predicted octanol–water partition coefficient (Wildman–Crippen LogP) is 3.89. The smallest absolute Gasteiger partial charge is 0.221 e. The van der Waals surface area contributed by atoms with Crippen LogP contribution in [0.15, 0.2) is 36.5 Å². The van der Waals surface area contributed by atoms with E-state index in [1.54, 1.807) is 44.6 Å². The van der Waals surface area contributed by atoms with Crippen LogP contribution in [0.5, 0.6) is 17.2 Å². The van der Waals surface area contributed by atoms with Crippen LogP contribution >= 0.6 is 0 Å². The van der Waals surface area contributed by atoms with E-state index in [-0.39, 0.29) is 17.8 Å². The number of fused-ring (bicyclic) bond motifs is 1. The molecule has 3 aromatic rings. The lowest BCUT2D eigenvalue weighted by molar-refractivity contribution is 0.156. The molecule has 4 N–H and O–H groups in total. The molecule has 1 aliphatic rings. The molecule has 0 spiro atoms. The Labute approximate surface area is 174 Å². The van der Waals surface area contributed by atoms with Crippen molar-refractivity contribution < 1.29 is 18.6 Å². The lowest BCUT2D eigenvalue weighted by Crippen LogP contribution is -2.34. The van der Waals surface area contributed by atoms with E-state index in [1.165, 1.54) is 6.07 Å². The zero-order valence-corrected chi connectivity index (χ0v) is 17.0. The number of H-pyrrole nitrogens is 1. The zero-order valence-electron chi connectivity index (χ0n) is 17.0. The Kier molecular flexibility index (Phi) is 5.76. The van der Waals surface area contributed by atoms with Crippen molar-refractivity contribution in [3.8, 4) is 17.2 Å². The lowest BCUT2D eigenvalue weighted by atomic mass is 10.1. The second kappa shape index (κ2) is 8.62. The molecule has 0 bridgehead atoms. The highest BCUT2D eigenvalue weighted by atomic mass is 19.1. The average molecular weight is 412 g/mol. The highest BCUT2D eigenvalue weighted by Crippen LogP contribution is 2.36. The summed E-state index contributed by atoms with van der Waals surface area (Å²) in [6, 6.07) is 8.34. The predicted molar refractivity (Wildman–Crippen MR) is 115 cm³/mol. The topological polar surface area (TPSA) is 91.4 Å². The normalized spacial score (nSPS) is 14.5. The molecular weight excluding hydrogens is 387 g/mol. The number of anilines is 1. The van der Waals surface area contributed by atoms with E-state index in [9.17, 15) is 4.39 Å². The highest BCUT2D eigenvalue weighted by Gasteiger charge is 2.21. The van der Waals surface area contributed by atoms with Crippen LogP contribution in [0.1, 0.15) is 18.4 Å². The largest absolute Gasteiger partial charge is 0.493 e. The van der Waals surface area contributed by atoms with Gasteiger partial charge in [-0.05, 0) is 50.2 Å². The van der Waals surface area contributed by atoms with Crippen molar-refractivity contribution in [3.05, 3.63) is 47.9 Å². The number of ether oxygens (including phenoxy) is 3. The summed E-state index contributed by atoms with van der Waals surface area (Å²) in [5.74, 6) is 0.392. The SMILES string of the molecule is CNc1cc(OC)c(OC2CCNCC2)cc1C(=N)Oc1ccc2[nH]ccc2c1F. The summed E-state index contributed by atoms with van der Waals surface area (Å²) >= 11 is 0. The molecule has 0 radical (unpaired) electrons. The van der Waals surface area contributed by atoms with Gasteiger partial charge in [-0.1, -0.05) is 0 Å². The van der Waals surface area contributed by atoms with Gasteiger partial charge in [-0.25, -0.2) is 4.39 Å². The van der Waals surface area contributed by atoms with Crippen LogP contribution in [-0.2, 0) is 0 Å². The van der Waals surface area contributed by atoms with Gasteiger partial charge in [0.15, 0.2) is 23.1 Å². The summed E-state index contributed by atoms with van der Waals surface area (Å²) in [4.78, 5) is 2.96. The molecule has 0 unspecified atom stereocenters. The van der Waals surface area contributed by atoms with Crippen molar-refractivity contribution in [2.24, 2.45) is 0 Å². The standard InChI is InChI=1S/C22H25FN4O3/c1-25-17-12-19(28-2)20(29-13-5-8-26-9-6-13)11-15(17)22(24)30-18-4-3-16-14(21(18)23)7-10-27-16/h3-4,7,10-13,24-27H,5-6,8-9H2,1-2H3. The molecule has 2 aromatic carbocycles. The van der Waals surface area contributed by atoms with Crippen molar-refractivity contribution in [1.29, 1.82) is 5.41 Å². The number of piperidine rings is 1. The molecule has 8 heteroatoms. The van der Waals surface area contributed by atoms with E-state index in [2.05, 4.69) is 15.6 Å². The Morgan fingerprint density at radius 1 is 1.13 bits per heavy atom. The van der Waals surface area contributed by atoms with Crippen molar-refractivity contribution in [3.63, 3.8) is 0 Å². The summed E-state index contributed by atoms with van der Waals surface area (Å²) in [7, 11) is 3.32. The van der Waals surface area contributed by atoms with Gasteiger partial charge in [0.05, 0.1) is 18.4 Å². The van der Waals surface area contributed by atoms with Gasteiger partial charge in [0, 0.05) is 30.2 Å². The molecule has 1 aromatic heterocycles. The number of nitrogens with one attached hydrogen (secondary N) is 4. The number of aromatic amines is 1. The van der Waals surface area contributed by atoms with Crippen molar-refractivity contribution in [1.82, 2.24) is 10.3 Å². The second-order valence-corrected chi connectivity index (χ2v) is 7.11. The molecule has 7 nitrogen and oxygen atoms in total. The highest BCUT2D eigenvalue weighted by molar-refractivity contribution is 6.00. The molecule has 4 rings (SSSR count). The first kappa shape index (κ1) is 20.0. The van der Waals surface area contributed by atoms with E-state index in [0.717, 1.165) is 25.9 Å². The van der Waals surface area contributed by atoms with Crippen LogP contribution in [0.2, 0.25) is 0 Å². The number of halogens is 1. The first-order chi connectivity index (χ1) is 14.6. The molecule has 30 heavy (non-hydrogen) atoms. The molecule has 1 saturated heterocycles. The minimum absolute atomic E-state index is 0.00852. The van der Waals surface area contributed by atoms with Crippen molar-refractivity contribution in [2.45, 2.75) is 18.9 Å². The monoisotopic (exact) mass is 412 g/mol. The Balaban J connectivity index is 1.64. The van der Waals surface area contributed by atoms with Gasteiger partial charge in [0.25, 0.3) is 0 Å². The molecule has 0 amide bonds. The Morgan fingerprint density at radius 2 is 1.93 bits per heavy atom. The number of methoxy groups -OCH3 is 1. The minimum atomic E-state index is -0.510. The molecule has 158 valence electrons. The third-order valence-corrected chi connectivity index (χ3v) is 5.24. The summed E-state index contributed by atoms with van der Waals surface area (Å²) in [5, 5.41) is 15.2. The van der Waals surface area contributed by atoms with Gasteiger partial charge in [-0.2, -0.15) is 0 Å². The maximum Gasteiger partial charge on any atom is 0.221 e. The summed E-state index contributed by atoms with van der Waals surface area (Å²) in [6.45, 7) is 1.79. The Bertz CT molecular complexity index is 1060. The van der Waals surface area contributed by atoms with Gasteiger partial charge in [0.2, 0.25) is 5.90 Å². The van der Waals surface area contributed by atoms with E-state index in [1.807, 2.05) is 0 Å². The van der Waals surface area contributed by atoms with Crippen molar-refractivity contribution in [2.75, 3.05) is 32.6 Å². The van der Waals surface area contributed by atoms with Crippen LogP contribution in [0, 0.1) is 11.2 Å². The second-order valence-electron chi connectivity index (χ2n) is 7.11. The first-order valence-corrected chi connectivity index (χ1v) is 9.90. The molecular formula is C22H25FN4O3. The molecule has 2 heterocycles. The van der Waals surface area contributed by atoms with Gasteiger partial charge >= 0.3 is 0 Å². The van der Waals surface area contributed by atoms with Gasteiger partial charge in [-0.3, -0.25) is 5.41 Å². The van der Waals surface area contributed by atoms with Crippen LogP contribution in [-0.4, -0.2) is 44.2 Å². The fourth-order valence-electron chi connectivity index (χ4n) is 3.62. The van der Waals surface area contributed by atoms with Gasteiger partial charge in [-0.15, -0.1) is 0 Å². The number of benzene rings is 2. The number of hydrogen-bond donors (Lipinski definition) is 4. The number of hydrogen-bond acceptors (Lipinski definition) is 6. The van der Waals surface area contributed by atoms with E-state index in [4.69, 9.17) is 19.6 Å². The summed E-state index contributed by atoms with van der Waals surface area (Å²) in [5.41, 5.74) is 1.75. The fourth-order valence-corrected chi connectivity index (χ4v) is 3.62. The average Bonchev–Trinajstić information content (AvgIpc) is 3.26. The summed E-state index contributed by atoms with van der Waals surface area (Å²) < 4.78 is 32.0. The number of aromatic nitrogens is 1. The van der Waals surface area contributed by atoms with E-state index >= 15 is 0 Å². The maximum atomic E-state index is 14.8. The van der Waals surface area contributed by atoms with Crippen LogP contribution < -0.4 is 24.8 Å². The lowest BCUT2D eigenvalue weighted by Gasteiger charge is -2.25. The van der Waals surface area contributed by atoms with Crippen LogP contribution in [0.4, 0.5) is 10.1 Å². The van der Waals surface area contributed by atoms with Crippen LogP contribution in [0.25, 0.3) is 10.9 Å². The summed E-state index contributed by atoms with van der Waals surface area (Å²) in [6.07, 6.45) is 3.51. The Hall–Kier alpha value is -3.26. The molecule has 0 atom stereocenters. The minimum Gasteiger partial charge on any atom is -0.493 e. The molecule has 0 aliphatic carbocycles. The van der Waals surface area contributed by atoms with Crippen LogP contribution in [0.3, 0.4) is 0 Å². The third kappa shape index (κ3) is 3.91. The Morgan fingerprint density at radius 3 is 2.67 bits per heavy atom. The first-order valence-electron chi connectivity index (χ1n) is 9.90. The molecule has 1 fully saturated rings. The van der Waals surface area contributed by atoms with E-state index < -0.39 is 5.82 Å². The van der Waals surface area contributed by atoms with Gasteiger partial charge in [0.1, 0.15) is 6.10 Å². The molecule has 0 saturated carbocycles. The maximum absolute atomic E-state index is 14.8. The molecule has 1 aliphatic heterocycles. The van der Waals surface area contributed by atoms with Crippen molar-refractivity contribution >= 4 is 22.5 Å².